The third-order valence-corrected chi connectivity index (χ3v) is 9.91. The first-order valence-corrected chi connectivity index (χ1v) is 16.5. The summed E-state index contributed by atoms with van der Waals surface area (Å²) in [7, 11) is 0. The molecule has 0 amide bonds. The van der Waals surface area contributed by atoms with Gasteiger partial charge in [0.25, 0.3) is 0 Å². The van der Waals surface area contributed by atoms with E-state index in [1.807, 2.05) is 35.6 Å². The Kier molecular flexibility index (Phi) is 6.65. The molecule has 6 aromatic carbocycles. The standard InChI is InChI=1S/C43H27N3S/c1-4-13-28(14-5-1)29-23-25-30(26-24-29)36-27-37(45-43(44-36)32-17-8-3-9-18-32)33-20-12-21-35-41(33)46-40(31-15-6-2-7-16-31)39-34-19-10-11-22-38(34)47-42(35)39/h1-27H. The second kappa shape index (κ2) is 11.4. The van der Waals surface area contributed by atoms with E-state index in [2.05, 4.69) is 140 Å². The fourth-order valence-corrected chi connectivity index (χ4v) is 7.64. The van der Waals surface area contributed by atoms with Crippen molar-refractivity contribution < 1.29 is 0 Å². The van der Waals surface area contributed by atoms with Crippen LogP contribution in [-0.4, -0.2) is 15.0 Å². The Morgan fingerprint density at radius 3 is 1.72 bits per heavy atom. The summed E-state index contributed by atoms with van der Waals surface area (Å²) in [5.41, 5.74) is 10.1. The number of pyridine rings is 1. The number of thiophene rings is 1. The number of fused-ring (bicyclic) bond motifs is 5. The minimum atomic E-state index is 0.688. The Labute approximate surface area is 276 Å². The zero-order valence-corrected chi connectivity index (χ0v) is 26.2. The Morgan fingerprint density at radius 2 is 0.979 bits per heavy atom. The second-order valence-corrected chi connectivity index (χ2v) is 12.7. The van der Waals surface area contributed by atoms with Gasteiger partial charge >= 0.3 is 0 Å². The molecule has 47 heavy (non-hydrogen) atoms. The van der Waals surface area contributed by atoms with E-state index in [-0.39, 0.29) is 0 Å². The topological polar surface area (TPSA) is 38.7 Å². The van der Waals surface area contributed by atoms with Crippen molar-refractivity contribution in [3.8, 4) is 56.3 Å². The van der Waals surface area contributed by atoms with Crippen LogP contribution in [0.4, 0.5) is 0 Å². The maximum Gasteiger partial charge on any atom is 0.160 e. The van der Waals surface area contributed by atoms with Crippen molar-refractivity contribution in [3.05, 3.63) is 164 Å². The number of aromatic nitrogens is 3. The first-order valence-electron chi connectivity index (χ1n) is 15.7. The number of rotatable bonds is 5. The highest BCUT2D eigenvalue weighted by molar-refractivity contribution is 7.26. The van der Waals surface area contributed by atoms with E-state index in [0.717, 1.165) is 50.2 Å². The lowest BCUT2D eigenvalue weighted by Crippen LogP contribution is -1.97. The van der Waals surface area contributed by atoms with Crippen LogP contribution >= 0.6 is 11.3 Å². The fourth-order valence-electron chi connectivity index (χ4n) is 6.41. The Morgan fingerprint density at radius 1 is 0.404 bits per heavy atom. The molecule has 9 rings (SSSR count). The lowest BCUT2D eigenvalue weighted by atomic mass is 9.99. The largest absolute Gasteiger partial charge is 0.246 e. The molecule has 3 nitrogen and oxygen atoms in total. The molecule has 0 saturated carbocycles. The molecule has 0 bridgehead atoms. The van der Waals surface area contributed by atoms with Gasteiger partial charge in [-0.05, 0) is 23.3 Å². The molecule has 0 atom stereocenters. The summed E-state index contributed by atoms with van der Waals surface area (Å²) in [6, 6.07) is 57.0. The Hall–Kier alpha value is -5.97. The molecule has 0 radical (unpaired) electrons. The lowest BCUT2D eigenvalue weighted by Gasteiger charge is -2.13. The molecular weight excluding hydrogens is 591 g/mol. The van der Waals surface area contributed by atoms with Crippen LogP contribution in [-0.2, 0) is 0 Å². The molecule has 3 aromatic heterocycles. The summed E-state index contributed by atoms with van der Waals surface area (Å²) in [5, 5.41) is 3.57. The van der Waals surface area contributed by atoms with E-state index >= 15 is 0 Å². The molecule has 0 spiro atoms. The van der Waals surface area contributed by atoms with Gasteiger partial charge in [-0.25, -0.2) is 15.0 Å². The Balaban J connectivity index is 1.29. The molecule has 0 fully saturated rings. The molecule has 3 heterocycles. The van der Waals surface area contributed by atoms with Gasteiger partial charge in [0, 0.05) is 47.8 Å². The number of nitrogens with zero attached hydrogens (tertiary/aromatic N) is 3. The fraction of sp³-hybridized carbons (Fsp3) is 0. The van der Waals surface area contributed by atoms with Gasteiger partial charge in [0.1, 0.15) is 0 Å². The van der Waals surface area contributed by atoms with Crippen LogP contribution in [0.5, 0.6) is 0 Å². The van der Waals surface area contributed by atoms with Gasteiger partial charge < -0.3 is 0 Å². The van der Waals surface area contributed by atoms with Crippen molar-refractivity contribution in [1.29, 1.82) is 0 Å². The molecule has 0 aliphatic carbocycles. The minimum Gasteiger partial charge on any atom is -0.246 e. The first kappa shape index (κ1) is 27.3. The predicted molar refractivity (Wildman–Crippen MR) is 197 cm³/mol. The monoisotopic (exact) mass is 617 g/mol. The van der Waals surface area contributed by atoms with Gasteiger partial charge in [0.15, 0.2) is 5.82 Å². The van der Waals surface area contributed by atoms with Crippen molar-refractivity contribution >= 4 is 42.4 Å². The highest BCUT2D eigenvalue weighted by Gasteiger charge is 2.19. The van der Waals surface area contributed by atoms with Crippen molar-refractivity contribution in [3.63, 3.8) is 0 Å². The molecule has 9 aromatic rings. The molecule has 220 valence electrons. The van der Waals surface area contributed by atoms with E-state index in [1.54, 1.807) is 0 Å². The van der Waals surface area contributed by atoms with E-state index in [0.29, 0.717) is 5.82 Å². The molecule has 0 N–H and O–H groups in total. The maximum absolute atomic E-state index is 5.47. The van der Waals surface area contributed by atoms with Crippen LogP contribution in [0.15, 0.2) is 164 Å². The highest BCUT2D eigenvalue weighted by Crippen LogP contribution is 2.44. The minimum absolute atomic E-state index is 0.688. The van der Waals surface area contributed by atoms with Crippen LogP contribution in [0, 0.1) is 0 Å². The van der Waals surface area contributed by atoms with Gasteiger partial charge in [-0.15, -0.1) is 11.3 Å². The van der Waals surface area contributed by atoms with Crippen LogP contribution in [0.1, 0.15) is 0 Å². The van der Waals surface area contributed by atoms with Crippen LogP contribution in [0.2, 0.25) is 0 Å². The zero-order valence-electron chi connectivity index (χ0n) is 25.3. The molecule has 0 saturated heterocycles. The normalized spacial score (nSPS) is 11.4. The number of hydrogen-bond donors (Lipinski definition) is 0. The summed E-state index contributed by atoms with van der Waals surface area (Å²) in [4.78, 5) is 15.8. The third-order valence-electron chi connectivity index (χ3n) is 8.71. The summed E-state index contributed by atoms with van der Waals surface area (Å²) < 4.78 is 2.50. The SMILES string of the molecule is c1ccc(-c2ccc(-c3cc(-c4cccc5c4nc(-c4ccccc4)c4c6ccccc6sc54)nc(-c4ccccc4)n3)cc2)cc1. The third kappa shape index (κ3) is 4.87. The smallest absolute Gasteiger partial charge is 0.160 e. The van der Waals surface area contributed by atoms with Crippen molar-refractivity contribution in [2.45, 2.75) is 0 Å². The quantitative estimate of drug-likeness (QED) is 0.193. The summed E-state index contributed by atoms with van der Waals surface area (Å²) >= 11 is 1.83. The number of benzene rings is 6. The Bertz CT molecular complexity index is 2540. The van der Waals surface area contributed by atoms with Crippen molar-refractivity contribution in [2.75, 3.05) is 0 Å². The van der Waals surface area contributed by atoms with Gasteiger partial charge in [-0.3, -0.25) is 0 Å². The predicted octanol–water partition coefficient (Wildman–Crippen LogP) is 11.7. The van der Waals surface area contributed by atoms with Gasteiger partial charge in [-0.2, -0.15) is 0 Å². The molecular formula is C43H27N3S. The van der Waals surface area contributed by atoms with Crippen LogP contribution in [0.25, 0.3) is 87.4 Å². The van der Waals surface area contributed by atoms with Crippen molar-refractivity contribution in [2.24, 2.45) is 0 Å². The summed E-state index contributed by atoms with van der Waals surface area (Å²) in [5.74, 6) is 0.688. The highest BCUT2D eigenvalue weighted by atomic mass is 32.1. The van der Waals surface area contributed by atoms with E-state index in [4.69, 9.17) is 15.0 Å². The van der Waals surface area contributed by atoms with Gasteiger partial charge in [-0.1, -0.05) is 152 Å². The maximum atomic E-state index is 5.47. The number of hydrogen-bond acceptors (Lipinski definition) is 4. The van der Waals surface area contributed by atoms with Gasteiger partial charge in [0.2, 0.25) is 0 Å². The van der Waals surface area contributed by atoms with Crippen LogP contribution < -0.4 is 0 Å². The molecule has 0 aliphatic rings. The second-order valence-electron chi connectivity index (χ2n) is 11.6. The van der Waals surface area contributed by atoms with Gasteiger partial charge in [0.05, 0.1) is 22.6 Å². The molecule has 0 unspecified atom stereocenters. The first-order chi connectivity index (χ1) is 23.3. The van der Waals surface area contributed by atoms with E-state index < -0.39 is 0 Å². The summed E-state index contributed by atoms with van der Waals surface area (Å²) in [6.45, 7) is 0. The van der Waals surface area contributed by atoms with E-state index in [1.165, 1.54) is 31.3 Å². The van der Waals surface area contributed by atoms with Crippen molar-refractivity contribution in [1.82, 2.24) is 15.0 Å². The van der Waals surface area contributed by atoms with E-state index in [9.17, 15) is 0 Å². The average Bonchev–Trinajstić information content (AvgIpc) is 3.55. The number of para-hydroxylation sites is 1. The molecule has 4 heteroatoms. The molecule has 0 aliphatic heterocycles. The summed E-state index contributed by atoms with van der Waals surface area (Å²) in [6.07, 6.45) is 0. The lowest BCUT2D eigenvalue weighted by molar-refractivity contribution is 1.18. The average molecular weight is 618 g/mol. The zero-order chi connectivity index (χ0) is 31.2. The van der Waals surface area contributed by atoms with Crippen LogP contribution in [0.3, 0.4) is 0 Å².